The van der Waals surface area contributed by atoms with Crippen LogP contribution < -0.4 is 5.32 Å². The molecule has 0 aromatic heterocycles. The Morgan fingerprint density at radius 1 is 1.56 bits per heavy atom. The van der Waals surface area contributed by atoms with Crippen molar-refractivity contribution in [2.45, 2.75) is 13.0 Å². The van der Waals surface area contributed by atoms with Crippen LogP contribution in [0.1, 0.15) is 6.92 Å². The van der Waals surface area contributed by atoms with Crippen molar-refractivity contribution < 1.29 is 9.84 Å². The first-order chi connectivity index (χ1) is 7.63. The van der Waals surface area contributed by atoms with Crippen molar-refractivity contribution >= 4 is 33.2 Å². The minimum absolute atomic E-state index is 0.331. The molecule has 1 aromatic carbocycles. The van der Waals surface area contributed by atoms with E-state index in [1.165, 1.54) is 0 Å². The molecule has 16 heavy (non-hydrogen) atoms. The van der Waals surface area contributed by atoms with Crippen LogP contribution in [-0.2, 0) is 4.74 Å². The Balaban J connectivity index is 2.42. The van der Waals surface area contributed by atoms with Gasteiger partial charge in [0.15, 0.2) is 0 Å². The maximum Gasteiger partial charge on any atom is 0.0945 e. The molecule has 5 heteroatoms. The van der Waals surface area contributed by atoms with Crippen molar-refractivity contribution in [3.63, 3.8) is 0 Å². The Morgan fingerprint density at radius 2 is 2.31 bits per heavy atom. The first-order valence-electron chi connectivity index (χ1n) is 5.08. The van der Waals surface area contributed by atoms with E-state index in [1.807, 2.05) is 19.1 Å². The van der Waals surface area contributed by atoms with E-state index in [9.17, 15) is 5.11 Å². The lowest BCUT2D eigenvalue weighted by molar-refractivity contribution is 0.0496. The monoisotopic (exact) mass is 307 g/mol. The SMILES string of the molecule is CCOCC(O)CNc1ccc(Br)cc1Cl. The average Bonchev–Trinajstić information content (AvgIpc) is 2.25. The van der Waals surface area contributed by atoms with E-state index in [-0.39, 0.29) is 0 Å². The van der Waals surface area contributed by atoms with E-state index >= 15 is 0 Å². The number of nitrogens with one attached hydrogen (secondary N) is 1. The predicted octanol–water partition coefficient (Wildman–Crippen LogP) is 2.91. The molecule has 1 unspecified atom stereocenters. The molecule has 3 nitrogen and oxygen atoms in total. The van der Waals surface area contributed by atoms with Crippen molar-refractivity contribution in [1.29, 1.82) is 0 Å². The van der Waals surface area contributed by atoms with Crippen molar-refractivity contribution in [3.8, 4) is 0 Å². The maximum atomic E-state index is 9.55. The van der Waals surface area contributed by atoms with Crippen LogP contribution >= 0.6 is 27.5 Å². The van der Waals surface area contributed by atoms with Gasteiger partial charge in [-0.2, -0.15) is 0 Å². The Kier molecular flexibility index (Phi) is 6.13. The number of aliphatic hydroxyl groups excluding tert-OH is 1. The zero-order valence-corrected chi connectivity index (χ0v) is 11.4. The van der Waals surface area contributed by atoms with E-state index in [4.69, 9.17) is 16.3 Å². The van der Waals surface area contributed by atoms with Gasteiger partial charge in [-0.1, -0.05) is 27.5 Å². The second-order valence-corrected chi connectivity index (χ2v) is 4.64. The summed E-state index contributed by atoms with van der Waals surface area (Å²) < 4.78 is 6.03. The van der Waals surface area contributed by atoms with Crippen LogP contribution in [0.25, 0.3) is 0 Å². The molecule has 0 heterocycles. The summed E-state index contributed by atoms with van der Waals surface area (Å²) in [6.45, 7) is 3.25. The van der Waals surface area contributed by atoms with Crippen molar-refractivity contribution in [1.82, 2.24) is 0 Å². The third kappa shape index (κ3) is 4.70. The lowest BCUT2D eigenvalue weighted by Crippen LogP contribution is -2.24. The minimum atomic E-state index is -0.528. The summed E-state index contributed by atoms with van der Waals surface area (Å²) in [6, 6.07) is 5.56. The van der Waals surface area contributed by atoms with Crippen LogP contribution in [0.15, 0.2) is 22.7 Å². The number of benzene rings is 1. The highest BCUT2D eigenvalue weighted by atomic mass is 79.9. The van der Waals surface area contributed by atoms with Crippen molar-refractivity contribution in [2.75, 3.05) is 25.1 Å². The van der Waals surface area contributed by atoms with E-state index in [0.29, 0.717) is 24.8 Å². The molecule has 1 rings (SSSR count). The molecule has 0 aliphatic heterocycles. The Morgan fingerprint density at radius 3 is 2.94 bits per heavy atom. The minimum Gasteiger partial charge on any atom is -0.389 e. The number of halogens is 2. The molecule has 0 aliphatic carbocycles. The van der Waals surface area contributed by atoms with Crippen molar-refractivity contribution in [2.24, 2.45) is 0 Å². The zero-order chi connectivity index (χ0) is 12.0. The third-order valence-electron chi connectivity index (χ3n) is 1.97. The van der Waals surface area contributed by atoms with E-state index in [1.54, 1.807) is 6.07 Å². The van der Waals surface area contributed by atoms with E-state index in [2.05, 4.69) is 21.2 Å². The molecule has 1 atom stereocenters. The van der Waals surface area contributed by atoms with Gasteiger partial charge in [0, 0.05) is 17.6 Å². The highest BCUT2D eigenvalue weighted by Gasteiger charge is 2.05. The molecule has 0 fully saturated rings. The van der Waals surface area contributed by atoms with Crippen molar-refractivity contribution in [3.05, 3.63) is 27.7 Å². The Labute approximate surface area is 109 Å². The summed E-state index contributed by atoms with van der Waals surface area (Å²) in [4.78, 5) is 0. The predicted molar refractivity (Wildman–Crippen MR) is 70.1 cm³/mol. The van der Waals surface area contributed by atoms with Gasteiger partial charge in [0.1, 0.15) is 0 Å². The van der Waals surface area contributed by atoms with Gasteiger partial charge in [-0.25, -0.2) is 0 Å². The number of hydrogen-bond acceptors (Lipinski definition) is 3. The van der Waals surface area contributed by atoms with Gasteiger partial charge in [0.05, 0.1) is 23.4 Å². The Bertz CT molecular complexity index is 336. The number of anilines is 1. The molecule has 0 amide bonds. The van der Waals surface area contributed by atoms with Crippen LogP contribution in [0.3, 0.4) is 0 Å². The van der Waals surface area contributed by atoms with Crippen LogP contribution in [0.2, 0.25) is 5.02 Å². The molecule has 0 saturated heterocycles. The highest BCUT2D eigenvalue weighted by Crippen LogP contribution is 2.25. The van der Waals surface area contributed by atoms with Gasteiger partial charge in [-0.05, 0) is 25.1 Å². The summed E-state index contributed by atoms with van der Waals surface area (Å²) >= 11 is 9.34. The lowest BCUT2D eigenvalue weighted by Gasteiger charge is -2.13. The molecule has 0 radical (unpaired) electrons. The number of rotatable bonds is 6. The highest BCUT2D eigenvalue weighted by molar-refractivity contribution is 9.10. The number of ether oxygens (including phenoxy) is 1. The number of aliphatic hydroxyl groups is 1. The maximum absolute atomic E-state index is 9.55. The molecule has 2 N–H and O–H groups in total. The molecule has 0 bridgehead atoms. The first kappa shape index (κ1) is 13.8. The fourth-order valence-electron chi connectivity index (χ4n) is 1.17. The fourth-order valence-corrected chi connectivity index (χ4v) is 1.91. The summed E-state index contributed by atoms with van der Waals surface area (Å²) in [7, 11) is 0. The second-order valence-electron chi connectivity index (χ2n) is 3.32. The zero-order valence-electron chi connectivity index (χ0n) is 9.04. The third-order valence-corrected chi connectivity index (χ3v) is 2.78. The van der Waals surface area contributed by atoms with Gasteiger partial charge in [0.25, 0.3) is 0 Å². The summed E-state index contributed by atoms with van der Waals surface area (Å²) in [5.74, 6) is 0. The smallest absolute Gasteiger partial charge is 0.0945 e. The van der Waals surface area contributed by atoms with Crippen LogP contribution in [0.5, 0.6) is 0 Å². The molecule has 0 saturated carbocycles. The van der Waals surface area contributed by atoms with E-state index < -0.39 is 6.10 Å². The van der Waals surface area contributed by atoms with Gasteiger partial charge >= 0.3 is 0 Å². The van der Waals surface area contributed by atoms with Gasteiger partial charge < -0.3 is 15.2 Å². The molecular weight excluding hydrogens is 293 g/mol. The average molecular weight is 309 g/mol. The summed E-state index contributed by atoms with van der Waals surface area (Å²) in [6.07, 6.45) is -0.528. The first-order valence-corrected chi connectivity index (χ1v) is 6.25. The van der Waals surface area contributed by atoms with Crippen LogP contribution in [0, 0.1) is 0 Å². The summed E-state index contributed by atoms with van der Waals surface area (Å²) in [5, 5.41) is 13.2. The normalized spacial score (nSPS) is 12.5. The molecular formula is C11H15BrClNO2. The van der Waals surface area contributed by atoms with Gasteiger partial charge in [0.2, 0.25) is 0 Å². The van der Waals surface area contributed by atoms with E-state index in [0.717, 1.165) is 10.2 Å². The molecule has 0 spiro atoms. The Hall–Kier alpha value is -0.290. The molecule has 90 valence electrons. The quantitative estimate of drug-likeness (QED) is 0.849. The number of hydrogen-bond donors (Lipinski definition) is 2. The standard InChI is InChI=1S/C11H15BrClNO2/c1-2-16-7-9(15)6-14-11-4-3-8(12)5-10(11)13/h3-5,9,14-15H,2,6-7H2,1H3. The fraction of sp³-hybridized carbons (Fsp3) is 0.455. The van der Waals surface area contributed by atoms with Crippen LogP contribution in [0.4, 0.5) is 5.69 Å². The summed E-state index contributed by atoms with van der Waals surface area (Å²) in [5.41, 5.74) is 0.806. The second kappa shape index (κ2) is 7.12. The largest absolute Gasteiger partial charge is 0.389 e. The molecule has 0 aliphatic rings. The van der Waals surface area contributed by atoms with Gasteiger partial charge in [-0.15, -0.1) is 0 Å². The molecule has 1 aromatic rings. The topological polar surface area (TPSA) is 41.5 Å². The van der Waals surface area contributed by atoms with Crippen LogP contribution in [-0.4, -0.2) is 31.0 Å². The lowest BCUT2D eigenvalue weighted by atomic mass is 10.3. The van der Waals surface area contributed by atoms with Gasteiger partial charge in [-0.3, -0.25) is 0 Å².